The topological polar surface area (TPSA) is 122 Å². The number of aromatic nitrogens is 1. The molecule has 50 heavy (non-hydrogen) atoms. The van der Waals surface area contributed by atoms with Gasteiger partial charge in [0.05, 0.1) is 33.6 Å². The normalized spacial score (nSPS) is 19.8. The molecule has 1 aliphatic carbocycles. The molecule has 1 saturated heterocycles. The van der Waals surface area contributed by atoms with Crippen LogP contribution in [0.4, 0.5) is 9.59 Å². The number of benzene rings is 1. The van der Waals surface area contributed by atoms with Gasteiger partial charge in [0, 0.05) is 37.4 Å². The van der Waals surface area contributed by atoms with Crippen LogP contribution in [-0.2, 0) is 20.5 Å². The summed E-state index contributed by atoms with van der Waals surface area (Å²) in [4.78, 5) is 50.9. The van der Waals surface area contributed by atoms with Crippen LogP contribution < -0.4 is 4.74 Å². The van der Waals surface area contributed by atoms with Crippen LogP contribution in [-0.4, -0.2) is 101 Å². The van der Waals surface area contributed by atoms with Gasteiger partial charge in [0.2, 0.25) is 0 Å². The van der Waals surface area contributed by atoms with Crippen LogP contribution in [0.3, 0.4) is 0 Å². The van der Waals surface area contributed by atoms with Crippen molar-refractivity contribution in [3.8, 4) is 5.19 Å². The molecule has 2 atom stereocenters. The van der Waals surface area contributed by atoms with Crippen molar-refractivity contribution in [2.75, 3.05) is 26.3 Å². The van der Waals surface area contributed by atoms with Crippen LogP contribution in [0.15, 0.2) is 30.0 Å². The second-order valence-electron chi connectivity index (χ2n) is 15.7. The van der Waals surface area contributed by atoms with Crippen LogP contribution in [0.1, 0.15) is 71.2 Å². The van der Waals surface area contributed by atoms with Crippen molar-refractivity contribution < 1.29 is 33.4 Å². The highest BCUT2D eigenvalue weighted by atomic mass is 35.5. The second kappa shape index (κ2) is 14.6. The molecule has 5 rings (SSSR count). The Hall–Kier alpha value is -2.84. The molecule has 1 aromatic heterocycles. The number of ether oxygens (including phenoxy) is 2. The molecule has 3 amide bonds. The van der Waals surface area contributed by atoms with Gasteiger partial charge in [-0.25, -0.2) is 14.6 Å². The molecule has 1 aromatic carbocycles. The highest BCUT2D eigenvalue weighted by Gasteiger charge is 2.50. The zero-order valence-corrected chi connectivity index (χ0v) is 33.4. The Balaban J connectivity index is 1.50. The van der Waals surface area contributed by atoms with Crippen molar-refractivity contribution >= 4 is 66.5 Å². The van der Waals surface area contributed by atoms with E-state index in [-0.39, 0.29) is 43.0 Å². The third-order valence-electron chi connectivity index (χ3n) is 9.74. The largest absolute Gasteiger partial charge is 0.468 e. The number of hydrogen-bond acceptors (Lipinski definition) is 8. The molecule has 1 N–H and O–H groups in total. The highest BCUT2D eigenvalue weighted by molar-refractivity contribution is 7.14. The fraction of sp³-hybridized carbons (Fsp3) is 0.600. The summed E-state index contributed by atoms with van der Waals surface area (Å²) in [7, 11) is -1.94. The minimum Gasteiger partial charge on any atom is -0.468 e. The number of carbonyl (C=O) groups excluding carboxylic acids is 2. The molecule has 274 valence electrons. The first-order valence-corrected chi connectivity index (χ1v) is 21.4. The van der Waals surface area contributed by atoms with Crippen molar-refractivity contribution in [2.24, 2.45) is 0 Å². The minimum absolute atomic E-state index is 0.0360. The third kappa shape index (κ3) is 8.60. The zero-order valence-electron chi connectivity index (χ0n) is 30.0. The van der Waals surface area contributed by atoms with E-state index < -0.39 is 38.2 Å². The van der Waals surface area contributed by atoms with E-state index in [0.29, 0.717) is 45.2 Å². The lowest BCUT2D eigenvalue weighted by Crippen LogP contribution is -2.65. The molecule has 0 radical (unpaired) electrons. The fourth-order valence-electron chi connectivity index (χ4n) is 6.05. The number of thiazole rings is 1. The van der Waals surface area contributed by atoms with Crippen LogP contribution in [0, 0.1) is 0 Å². The third-order valence-corrected chi connectivity index (χ3v) is 16.1. The van der Waals surface area contributed by atoms with Gasteiger partial charge in [-0.1, -0.05) is 67.4 Å². The standard InChI is InChI=1S/C35H48Cl2N4O7SSi/c1-34(2,3)48-33(45)39-19-23-16-24(27-17-38-31(49-27)46-14-15-47-50(7,8)35(4,5)6)28(26(20-39)41(23)32(43)44)30(42)40(22-12-13-22)18-21-10-9-11-25(36)29(21)37/h9-11,17,22-23,26H,12-16,18-20H2,1-8H3,(H,43,44)/t23?,26-/m1/s1. The number of rotatable bonds is 10. The molecule has 1 unspecified atom stereocenters. The van der Waals surface area contributed by atoms with E-state index in [9.17, 15) is 19.5 Å². The first-order chi connectivity index (χ1) is 23.3. The van der Waals surface area contributed by atoms with Crippen molar-refractivity contribution in [2.45, 2.75) is 109 Å². The Morgan fingerprint density at radius 3 is 2.40 bits per heavy atom. The summed E-state index contributed by atoms with van der Waals surface area (Å²) in [5.74, 6) is -0.307. The van der Waals surface area contributed by atoms with Crippen LogP contribution in [0.5, 0.6) is 5.19 Å². The average molecular weight is 768 g/mol. The fourth-order valence-corrected chi connectivity index (χ4v) is 8.31. The molecule has 11 nitrogen and oxygen atoms in total. The summed E-state index contributed by atoms with van der Waals surface area (Å²) >= 11 is 14.2. The maximum absolute atomic E-state index is 14.9. The van der Waals surface area contributed by atoms with Gasteiger partial charge in [-0.15, -0.1) is 0 Å². The smallest absolute Gasteiger partial charge is 0.410 e. The summed E-state index contributed by atoms with van der Waals surface area (Å²) in [5.41, 5.74) is 0.971. The monoisotopic (exact) mass is 766 g/mol. The molecule has 2 aliphatic heterocycles. The van der Waals surface area contributed by atoms with Gasteiger partial charge >= 0.3 is 12.2 Å². The lowest BCUT2D eigenvalue weighted by molar-refractivity contribution is -0.129. The summed E-state index contributed by atoms with van der Waals surface area (Å²) in [5, 5.41) is 11.7. The molecular weight excluding hydrogens is 719 g/mol. The molecule has 0 spiro atoms. The van der Waals surface area contributed by atoms with Gasteiger partial charge in [0.1, 0.15) is 12.2 Å². The van der Waals surface area contributed by atoms with E-state index in [0.717, 1.165) is 17.7 Å². The Bertz CT molecular complexity index is 1650. The van der Waals surface area contributed by atoms with Gasteiger partial charge in [-0.3, -0.25) is 9.69 Å². The molecule has 3 heterocycles. The predicted octanol–water partition coefficient (Wildman–Crippen LogP) is 8.17. The van der Waals surface area contributed by atoms with Crippen LogP contribution in [0.25, 0.3) is 5.57 Å². The summed E-state index contributed by atoms with van der Waals surface area (Å²) in [6.45, 7) is 17.3. The molecule has 1 saturated carbocycles. The second-order valence-corrected chi connectivity index (χ2v) is 22.3. The van der Waals surface area contributed by atoms with E-state index >= 15 is 0 Å². The summed E-state index contributed by atoms with van der Waals surface area (Å²) in [6.07, 6.45) is 1.80. The summed E-state index contributed by atoms with van der Waals surface area (Å²) < 4.78 is 18.0. The van der Waals surface area contributed by atoms with Gasteiger partial charge in [-0.05, 0) is 75.4 Å². The van der Waals surface area contributed by atoms with E-state index in [1.54, 1.807) is 44.0 Å². The Labute approximate surface area is 309 Å². The quantitative estimate of drug-likeness (QED) is 0.190. The number of piperazine rings is 1. The molecule has 2 bridgehead atoms. The Morgan fingerprint density at radius 2 is 1.78 bits per heavy atom. The number of carboxylic acid groups (broad SMARTS) is 1. The molecule has 2 aromatic rings. The minimum atomic E-state index is -1.94. The van der Waals surface area contributed by atoms with E-state index in [1.807, 2.05) is 6.07 Å². The SMILES string of the molecule is CC(C)(C)OC(=O)N1CC2CC(c3cnc(OCCO[Si](C)(C)C(C)(C)C)s3)=C(C(=O)N(Cc3cccc(Cl)c3Cl)C3CC3)[C@@H](C1)N2C(=O)O. The number of halogens is 2. The van der Waals surface area contributed by atoms with Crippen LogP contribution in [0.2, 0.25) is 28.2 Å². The van der Waals surface area contributed by atoms with Gasteiger partial charge in [0.15, 0.2) is 8.32 Å². The predicted molar refractivity (Wildman–Crippen MR) is 198 cm³/mol. The van der Waals surface area contributed by atoms with Crippen molar-refractivity contribution in [3.05, 3.63) is 50.5 Å². The zero-order chi connectivity index (χ0) is 36.8. The van der Waals surface area contributed by atoms with Crippen molar-refractivity contribution in [3.63, 3.8) is 0 Å². The number of carbonyl (C=O) groups is 3. The first kappa shape index (κ1) is 38.4. The van der Waals surface area contributed by atoms with Crippen molar-refractivity contribution in [1.82, 2.24) is 19.7 Å². The Kier molecular flexibility index (Phi) is 11.2. The summed E-state index contributed by atoms with van der Waals surface area (Å²) in [6, 6.07) is 3.73. The lowest BCUT2D eigenvalue weighted by Gasteiger charge is -2.50. The number of nitrogens with zero attached hydrogens (tertiary/aromatic N) is 4. The maximum Gasteiger partial charge on any atom is 0.410 e. The first-order valence-electron chi connectivity index (χ1n) is 17.0. The van der Waals surface area contributed by atoms with Gasteiger partial charge in [-0.2, -0.15) is 0 Å². The van der Waals surface area contributed by atoms with Crippen molar-refractivity contribution in [1.29, 1.82) is 0 Å². The van der Waals surface area contributed by atoms with Crippen LogP contribution >= 0.6 is 34.5 Å². The van der Waals surface area contributed by atoms with E-state index in [1.165, 1.54) is 21.1 Å². The molecule has 2 fully saturated rings. The molecule has 15 heteroatoms. The van der Waals surface area contributed by atoms with E-state index in [2.05, 4.69) is 38.8 Å². The molecule has 3 aliphatic rings. The lowest BCUT2D eigenvalue weighted by atomic mass is 9.83. The van der Waals surface area contributed by atoms with Gasteiger partial charge in [0.25, 0.3) is 11.1 Å². The number of fused-ring (bicyclic) bond motifs is 2. The molecular formula is C35H48Cl2N4O7SSi. The maximum atomic E-state index is 14.9. The number of amides is 3. The highest BCUT2D eigenvalue weighted by Crippen LogP contribution is 2.44. The van der Waals surface area contributed by atoms with Gasteiger partial charge < -0.3 is 28.8 Å². The van der Waals surface area contributed by atoms with E-state index in [4.69, 9.17) is 37.1 Å². The Morgan fingerprint density at radius 1 is 1.08 bits per heavy atom. The average Bonchev–Trinajstić information content (AvgIpc) is 3.73. The number of hydrogen-bond donors (Lipinski definition) is 1.